The van der Waals surface area contributed by atoms with Gasteiger partial charge in [-0.1, -0.05) is 0 Å². The first kappa shape index (κ1) is 8.54. The minimum atomic E-state index is 1.16. The molecule has 0 aromatic carbocycles. The van der Waals surface area contributed by atoms with E-state index in [1.807, 2.05) is 6.20 Å². The van der Waals surface area contributed by atoms with E-state index in [9.17, 15) is 0 Å². The maximum Gasteiger partial charge on any atom is 0.0456 e. The van der Waals surface area contributed by atoms with Crippen molar-refractivity contribution in [2.24, 2.45) is 0 Å². The number of hydrogen-bond acceptors (Lipinski definition) is 2. The molecule has 0 bridgehead atoms. The van der Waals surface area contributed by atoms with Crippen LogP contribution in [0.1, 0.15) is 24.1 Å². The Balaban J connectivity index is 2.46. The summed E-state index contributed by atoms with van der Waals surface area (Å²) < 4.78 is 0. The Hall–Kier alpha value is -1.05. The summed E-state index contributed by atoms with van der Waals surface area (Å²) in [5.41, 5.74) is 4.14. The van der Waals surface area contributed by atoms with E-state index >= 15 is 0 Å². The first-order chi connectivity index (χ1) is 6.29. The van der Waals surface area contributed by atoms with Gasteiger partial charge in [-0.3, -0.25) is 4.98 Å². The average molecular weight is 176 g/mol. The smallest absolute Gasteiger partial charge is 0.0456 e. The highest BCUT2D eigenvalue weighted by molar-refractivity contribution is 5.54. The first-order valence-electron chi connectivity index (χ1n) is 4.93. The van der Waals surface area contributed by atoms with Gasteiger partial charge in [0.15, 0.2) is 0 Å². The molecule has 70 valence electrons. The van der Waals surface area contributed by atoms with Gasteiger partial charge in [0.1, 0.15) is 0 Å². The summed E-state index contributed by atoms with van der Waals surface area (Å²) in [5.74, 6) is 0. The van der Waals surface area contributed by atoms with Crippen molar-refractivity contribution >= 4 is 5.69 Å². The maximum atomic E-state index is 4.44. The standard InChI is InChI=1S/C11H16N2/c1-13(2)11-7-8-12-10-6-4-3-5-9(10)11/h7-8H,3-6H2,1-2H3. The second-order valence-corrected chi connectivity index (χ2v) is 3.86. The van der Waals surface area contributed by atoms with Crippen molar-refractivity contribution in [3.63, 3.8) is 0 Å². The molecule has 2 rings (SSSR count). The van der Waals surface area contributed by atoms with E-state index in [1.165, 1.54) is 36.2 Å². The molecule has 2 nitrogen and oxygen atoms in total. The minimum Gasteiger partial charge on any atom is -0.377 e. The van der Waals surface area contributed by atoms with E-state index in [-0.39, 0.29) is 0 Å². The number of aryl methyl sites for hydroxylation is 1. The molecule has 0 saturated carbocycles. The van der Waals surface area contributed by atoms with Crippen molar-refractivity contribution < 1.29 is 0 Å². The maximum absolute atomic E-state index is 4.44. The van der Waals surface area contributed by atoms with Gasteiger partial charge < -0.3 is 4.90 Å². The molecule has 1 aliphatic rings. The number of nitrogens with zero attached hydrogens (tertiary/aromatic N) is 2. The van der Waals surface area contributed by atoms with Gasteiger partial charge in [0.25, 0.3) is 0 Å². The van der Waals surface area contributed by atoms with Crippen LogP contribution in [-0.2, 0) is 12.8 Å². The predicted molar refractivity (Wildman–Crippen MR) is 55.2 cm³/mol. The van der Waals surface area contributed by atoms with Crippen LogP contribution in [0.4, 0.5) is 5.69 Å². The van der Waals surface area contributed by atoms with Gasteiger partial charge in [-0.15, -0.1) is 0 Å². The monoisotopic (exact) mass is 176 g/mol. The van der Waals surface area contributed by atoms with Crippen molar-refractivity contribution in [3.8, 4) is 0 Å². The third kappa shape index (κ3) is 1.53. The highest BCUT2D eigenvalue weighted by atomic mass is 15.1. The number of hydrogen-bond donors (Lipinski definition) is 0. The molecule has 0 atom stereocenters. The molecule has 0 radical (unpaired) electrons. The number of aromatic nitrogens is 1. The van der Waals surface area contributed by atoms with Crippen LogP contribution in [0.2, 0.25) is 0 Å². The van der Waals surface area contributed by atoms with E-state index in [0.717, 1.165) is 6.42 Å². The van der Waals surface area contributed by atoms with Gasteiger partial charge in [0, 0.05) is 31.7 Å². The second kappa shape index (κ2) is 3.36. The first-order valence-corrected chi connectivity index (χ1v) is 4.93. The molecule has 0 saturated heterocycles. The fraction of sp³-hybridized carbons (Fsp3) is 0.545. The summed E-state index contributed by atoms with van der Waals surface area (Å²) in [6.07, 6.45) is 6.92. The quantitative estimate of drug-likeness (QED) is 0.651. The molecule has 2 heteroatoms. The van der Waals surface area contributed by atoms with E-state index in [4.69, 9.17) is 0 Å². The van der Waals surface area contributed by atoms with Crippen molar-refractivity contribution in [3.05, 3.63) is 23.5 Å². The van der Waals surface area contributed by atoms with Gasteiger partial charge in [-0.2, -0.15) is 0 Å². The average Bonchev–Trinajstić information content (AvgIpc) is 2.17. The fourth-order valence-electron chi connectivity index (χ4n) is 2.03. The molecule has 0 fully saturated rings. The van der Waals surface area contributed by atoms with Crippen LogP contribution in [0, 0.1) is 0 Å². The molecule has 1 aliphatic carbocycles. The summed E-state index contributed by atoms with van der Waals surface area (Å²) in [6.45, 7) is 0. The Kier molecular flexibility index (Phi) is 2.21. The summed E-state index contributed by atoms with van der Waals surface area (Å²) in [4.78, 5) is 6.62. The summed E-state index contributed by atoms with van der Waals surface area (Å²) in [5, 5.41) is 0. The lowest BCUT2D eigenvalue weighted by molar-refractivity contribution is 0.667. The normalized spacial score (nSPS) is 15.2. The predicted octanol–water partition coefficient (Wildman–Crippen LogP) is 2.03. The minimum absolute atomic E-state index is 1.16. The van der Waals surface area contributed by atoms with Crippen molar-refractivity contribution in [2.45, 2.75) is 25.7 Å². The van der Waals surface area contributed by atoms with Crippen LogP contribution in [0.15, 0.2) is 12.3 Å². The van der Waals surface area contributed by atoms with Crippen molar-refractivity contribution in [1.82, 2.24) is 4.98 Å². The molecule has 0 N–H and O–H groups in total. The Bertz CT molecular complexity index is 305. The SMILES string of the molecule is CN(C)c1ccnc2c1CCCC2. The van der Waals surface area contributed by atoms with Gasteiger partial charge in [0.2, 0.25) is 0 Å². The molecule has 0 unspecified atom stereocenters. The molecule has 1 heterocycles. The third-order valence-corrected chi connectivity index (χ3v) is 2.69. The highest BCUT2D eigenvalue weighted by Crippen LogP contribution is 2.27. The number of pyridine rings is 1. The zero-order chi connectivity index (χ0) is 9.26. The number of anilines is 1. The zero-order valence-corrected chi connectivity index (χ0v) is 8.38. The second-order valence-electron chi connectivity index (χ2n) is 3.86. The van der Waals surface area contributed by atoms with Crippen LogP contribution in [0.25, 0.3) is 0 Å². The van der Waals surface area contributed by atoms with Gasteiger partial charge in [0.05, 0.1) is 0 Å². The lowest BCUT2D eigenvalue weighted by Crippen LogP contribution is -2.15. The Morgan fingerprint density at radius 1 is 1.23 bits per heavy atom. The van der Waals surface area contributed by atoms with Crippen molar-refractivity contribution in [1.29, 1.82) is 0 Å². The largest absolute Gasteiger partial charge is 0.377 e. The Morgan fingerprint density at radius 3 is 2.77 bits per heavy atom. The van der Waals surface area contributed by atoms with Gasteiger partial charge in [-0.05, 0) is 37.3 Å². The van der Waals surface area contributed by atoms with Gasteiger partial charge in [-0.25, -0.2) is 0 Å². The van der Waals surface area contributed by atoms with Gasteiger partial charge >= 0.3 is 0 Å². The summed E-state index contributed by atoms with van der Waals surface area (Å²) in [6, 6.07) is 2.12. The fourth-order valence-corrected chi connectivity index (χ4v) is 2.03. The molecular formula is C11H16N2. The van der Waals surface area contributed by atoms with Crippen LogP contribution in [-0.4, -0.2) is 19.1 Å². The lowest BCUT2D eigenvalue weighted by atomic mass is 9.94. The van der Waals surface area contributed by atoms with Crippen molar-refractivity contribution in [2.75, 3.05) is 19.0 Å². The van der Waals surface area contributed by atoms with E-state index in [1.54, 1.807) is 0 Å². The molecule has 0 aliphatic heterocycles. The Morgan fingerprint density at radius 2 is 2.00 bits per heavy atom. The summed E-state index contributed by atoms with van der Waals surface area (Å²) >= 11 is 0. The van der Waals surface area contributed by atoms with Crippen LogP contribution in [0.3, 0.4) is 0 Å². The summed E-state index contributed by atoms with van der Waals surface area (Å²) in [7, 11) is 4.20. The number of rotatable bonds is 1. The van der Waals surface area contributed by atoms with E-state index in [2.05, 4.69) is 30.0 Å². The van der Waals surface area contributed by atoms with Crippen LogP contribution < -0.4 is 4.90 Å². The van der Waals surface area contributed by atoms with Crippen LogP contribution in [0.5, 0.6) is 0 Å². The highest BCUT2D eigenvalue weighted by Gasteiger charge is 2.14. The third-order valence-electron chi connectivity index (χ3n) is 2.69. The molecule has 1 aromatic heterocycles. The van der Waals surface area contributed by atoms with Crippen LogP contribution >= 0.6 is 0 Å². The molecule has 0 amide bonds. The lowest BCUT2D eigenvalue weighted by Gasteiger charge is -2.22. The van der Waals surface area contributed by atoms with E-state index in [0.29, 0.717) is 0 Å². The molecule has 0 spiro atoms. The van der Waals surface area contributed by atoms with E-state index < -0.39 is 0 Å². The molecule has 1 aromatic rings. The topological polar surface area (TPSA) is 16.1 Å². The molecule has 13 heavy (non-hydrogen) atoms. The Labute approximate surface area is 79.6 Å². The zero-order valence-electron chi connectivity index (χ0n) is 8.38. The molecular weight excluding hydrogens is 160 g/mol. The number of fused-ring (bicyclic) bond motifs is 1.